The molecule has 0 saturated heterocycles. The molecule has 0 unspecified atom stereocenters. The van der Waals surface area contributed by atoms with Gasteiger partial charge in [-0.25, -0.2) is 8.96 Å². The van der Waals surface area contributed by atoms with Crippen molar-refractivity contribution in [2.24, 2.45) is 0 Å². The number of nitrogens with one attached hydrogen (secondary N) is 1. The van der Waals surface area contributed by atoms with Crippen molar-refractivity contribution < 1.29 is 23.3 Å². The predicted molar refractivity (Wildman–Crippen MR) is 134 cm³/mol. The van der Waals surface area contributed by atoms with Crippen LogP contribution in [0, 0.1) is 5.82 Å². The van der Waals surface area contributed by atoms with E-state index in [0.29, 0.717) is 28.3 Å². The van der Waals surface area contributed by atoms with Gasteiger partial charge in [-0.1, -0.05) is 54.1 Å². The summed E-state index contributed by atoms with van der Waals surface area (Å²) in [6.07, 6.45) is 1.82. The van der Waals surface area contributed by atoms with Crippen LogP contribution in [0.1, 0.15) is 11.3 Å². The van der Waals surface area contributed by atoms with E-state index in [1.54, 1.807) is 12.1 Å². The molecule has 0 saturated carbocycles. The Hall–Kier alpha value is -3.75. The zero-order valence-corrected chi connectivity index (χ0v) is 20.1. The summed E-state index contributed by atoms with van der Waals surface area (Å²) < 4.78 is 31.1. The monoisotopic (exact) mass is 525 g/mol. The topological polar surface area (TPSA) is 117 Å². The average Bonchev–Trinajstić information content (AvgIpc) is 3.19. The van der Waals surface area contributed by atoms with E-state index in [0.717, 1.165) is 23.3 Å². The van der Waals surface area contributed by atoms with Gasteiger partial charge in [0.1, 0.15) is 17.2 Å². The molecule has 0 aliphatic rings. The molecule has 5 aromatic rings. The molecule has 0 radical (unpaired) electrons. The van der Waals surface area contributed by atoms with Crippen molar-refractivity contribution >= 4 is 25.1 Å². The van der Waals surface area contributed by atoms with Crippen molar-refractivity contribution in [1.29, 1.82) is 0 Å². The molecule has 182 valence electrons. The van der Waals surface area contributed by atoms with Gasteiger partial charge in [0, 0.05) is 34.8 Å². The second-order valence-corrected chi connectivity index (χ2v) is 9.58. The van der Waals surface area contributed by atoms with Gasteiger partial charge in [0.2, 0.25) is 0 Å². The van der Waals surface area contributed by atoms with Crippen LogP contribution >= 0.6 is 19.4 Å². The SMILES string of the molecule is O=c1c(-c2ccc(F)cc2OP(=O)(O)O)c[nH]c2c(-c3ccc(Cl)cc3)c(Cc3ccccc3)nn12. The maximum Gasteiger partial charge on any atom is 0.524 e. The number of rotatable bonds is 6. The lowest BCUT2D eigenvalue weighted by Gasteiger charge is -2.12. The maximum atomic E-state index is 13.8. The minimum Gasteiger partial charge on any atom is -0.403 e. The van der Waals surface area contributed by atoms with Crippen molar-refractivity contribution in [2.45, 2.75) is 6.42 Å². The van der Waals surface area contributed by atoms with E-state index >= 15 is 0 Å². The second-order valence-electron chi connectivity index (χ2n) is 7.98. The van der Waals surface area contributed by atoms with Crippen molar-refractivity contribution in [1.82, 2.24) is 14.6 Å². The number of aromatic amines is 1. The number of phosphoric ester groups is 1. The number of benzene rings is 3. The van der Waals surface area contributed by atoms with Crippen LogP contribution in [0.3, 0.4) is 0 Å². The molecule has 0 fully saturated rings. The van der Waals surface area contributed by atoms with Gasteiger partial charge in [-0.15, -0.1) is 0 Å². The number of nitrogens with zero attached hydrogens (tertiary/aromatic N) is 2. The number of fused-ring (bicyclic) bond motifs is 1. The first kappa shape index (κ1) is 24.0. The van der Waals surface area contributed by atoms with E-state index in [2.05, 4.69) is 14.6 Å². The molecule has 5 rings (SSSR count). The minimum atomic E-state index is -5.02. The highest BCUT2D eigenvalue weighted by molar-refractivity contribution is 7.46. The molecular weight excluding hydrogens is 508 g/mol. The first-order valence-corrected chi connectivity index (χ1v) is 12.6. The molecule has 8 nitrogen and oxygen atoms in total. The van der Waals surface area contributed by atoms with E-state index in [4.69, 9.17) is 11.6 Å². The Labute approximate surface area is 208 Å². The lowest BCUT2D eigenvalue weighted by molar-refractivity contribution is 0.283. The van der Waals surface area contributed by atoms with Crippen LogP contribution in [0.5, 0.6) is 5.75 Å². The largest absolute Gasteiger partial charge is 0.524 e. The van der Waals surface area contributed by atoms with E-state index in [1.807, 2.05) is 42.5 Å². The van der Waals surface area contributed by atoms with Crippen LogP contribution in [0.4, 0.5) is 4.39 Å². The molecular formula is C25H18ClFN3O5P. The number of H-pyrrole nitrogens is 1. The van der Waals surface area contributed by atoms with Gasteiger partial charge in [0.05, 0.1) is 11.3 Å². The lowest BCUT2D eigenvalue weighted by atomic mass is 10.0. The molecule has 0 amide bonds. The smallest absolute Gasteiger partial charge is 0.403 e. The third-order valence-electron chi connectivity index (χ3n) is 5.53. The molecule has 0 atom stereocenters. The zero-order valence-electron chi connectivity index (χ0n) is 18.4. The molecule has 3 N–H and O–H groups in total. The van der Waals surface area contributed by atoms with E-state index in [9.17, 15) is 23.5 Å². The highest BCUT2D eigenvalue weighted by atomic mass is 35.5. The highest BCUT2D eigenvalue weighted by Gasteiger charge is 2.23. The zero-order chi connectivity index (χ0) is 25.4. The fraction of sp³-hybridized carbons (Fsp3) is 0.0400. The number of aromatic nitrogens is 3. The number of hydrogen-bond acceptors (Lipinski definition) is 4. The van der Waals surface area contributed by atoms with Gasteiger partial charge in [0.15, 0.2) is 0 Å². The Morgan fingerprint density at radius 3 is 2.44 bits per heavy atom. The maximum absolute atomic E-state index is 13.8. The van der Waals surface area contributed by atoms with Crippen LogP contribution in [0.2, 0.25) is 5.02 Å². The number of halogens is 2. The first-order valence-electron chi connectivity index (χ1n) is 10.7. The Morgan fingerprint density at radius 2 is 1.75 bits per heavy atom. The normalized spacial score (nSPS) is 11.7. The minimum absolute atomic E-state index is 0.00368. The van der Waals surface area contributed by atoms with Crippen LogP contribution in [0.25, 0.3) is 27.9 Å². The molecule has 0 spiro atoms. The van der Waals surface area contributed by atoms with E-state index in [1.165, 1.54) is 16.8 Å². The molecule has 0 bridgehead atoms. The second kappa shape index (κ2) is 9.37. The predicted octanol–water partition coefficient (Wildman–Crippen LogP) is 5.21. The summed E-state index contributed by atoms with van der Waals surface area (Å²) in [5.74, 6) is -1.25. The Kier molecular flexibility index (Phi) is 6.24. The molecule has 0 aliphatic carbocycles. The average molecular weight is 526 g/mol. The quantitative estimate of drug-likeness (QED) is 0.262. The number of phosphoric acid groups is 1. The van der Waals surface area contributed by atoms with E-state index in [-0.39, 0.29) is 11.1 Å². The van der Waals surface area contributed by atoms with Gasteiger partial charge in [-0.2, -0.15) is 9.61 Å². The van der Waals surface area contributed by atoms with Crippen LogP contribution in [-0.2, 0) is 11.0 Å². The van der Waals surface area contributed by atoms with Crippen molar-refractivity contribution in [3.05, 3.63) is 111 Å². The van der Waals surface area contributed by atoms with Crippen LogP contribution < -0.4 is 10.1 Å². The Bertz CT molecular complexity index is 1680. The molecule has 0 aliphatic heterocycles. The summed E-state index contributed by atoms with van der Waals surface area (Å²) in [7, 11) is -5.02. The summed E-state index contributed by atoms with van der Waals surface area (Å²) in [5, 5.41) is 5.15. The molecule has 11 heteroatoms. The summed E-state index contributed by atoms with van der Waals surface area (Å²) in [6, 6.07) is 19.8. The van der Waals surface area contributed by atoms with Gasteiger partial charge in [-0.3, -0.25) is 14.6 Å². The van der Waals surface area contributed by atoms with Crippen molar-refractivity contribution in [3.8, 4) is 28.0 Å². The standard InChI is InChI=1S/C25H18ClFN3O5P/c26-17-8-6-16(7-9-17)23-21(12-15-4-2-1-3-5-15)29-30-24(23)28-14-20(25(30)31)19-11-10-18(27)13-22(19)35-36(32,33)34/h1-11,13-14,28H,12H2,(H2,32,33,34). The highest BCUT2D eigenvalue weighted by Crippen LogP contribution is 2.42. The molecule has 36 heavy (non-hydrogen) atoms. The third-order valence-corrected chi connectivity index (χ3v) is 6.22. The van der Waals surface area contributed by atoms with Gasteiger partial charge < -0.3 is 9.51 Å². The first-order chi connectivity index (χ1) is 17.2. The van der Waals surface area contributed by atoms with E-state index < -0.39 is 24.9 Å². The van der Waals surface area contributed by atoms with Gasteiger partial charge >= 0.3 is 7.82 Å². The summed E-state index contributed by atoms with van der Waals surface area (Å²) >= 11 is 6.07. The third kappa shape index (κ3) is 4.82. The summed E-state index contributed by atoms with van der Waals surface area (Å²) in [5.41, 5.74) is 2.91. The van der Waals surface area contributed by atoms with Gasteiger partial charge in [-0.05, 0) is 35.4 Å². The van der Waals surface area contributed by atoms with Crippen LogP contribution in [0.15, 0.2) is 83.8 Å². The lowest BCUT2D eigenvalue weighted by Crippen LogP contribution is -2.17. The van der Waals surface area contributed by atoms with Crippen LogP contribution in [-0.4, -0.2) is 24.4 Å². The molecule has 3 aromatic carbocycles. The Morgan fingerprint density at radius 1 is 1.03 bits per heavy atom. The van der Waals surface area contributed by atoms with Gasteiger partial charge in [0.25, 0.3) is 5.56 Å². The molecule has 2 aromatic heterocycles. The molecule has 2 heterocycles. The van der Waals surface area contributed by atoms with Crippen molar-refractivity contribution in [2.75, 3.05) is 0 Å². The number of hydrogen-bond donors (Lipinski definition) is 3. The summed E-state index contributed by atoms with van der Waals surface area (Å²) in [6.45, 7) is 0. The fourth-order valence-corrected chi connectivity index (χ4v) is 4.54. The summed E-state index contributed by atoms with van der Waals surface area (Å²) in [4.78, 5) is 35.1. The fourth-order valence-electron chi connectivity index (χ4n) is 4.01. The van der Waals surface area contributed by atoms with Crippen molar-refractivity contribution in [3.63, 3.8) is 0 Å². The Balaban J connectivity index is 1.72.